The number of carbonyl (C=O) groups excluding carboxylic acids is 1. The minimum atomic E-state index is -0.398. The van der Waals surface area contributed by atoms with E-state index in [1.54, 1.807) is 19.2 Å². The number of halogens is 1. The molecule has 1 aromatic heterocycles. The molecule has 3 aromatic carbocycles. The lowest BCUT2D eigenvalue weighted by molar-refractivity contribution is 0.0746. The van der Waals surface area contributed by atoms with E-state index in [9.17, 15) is 9.90 Å². The van der Waals surface area contributed by atoms with Gasteiger partial charge >= 0.3 is 0 Å². The molecular formula is C29H28ClN3O4. The SMILES string of the molecule is CCOc1ccc([C@H]2c3c(-c4cc(Cl)c(C)cc4O)n[nH]c3C(=O)N2CCc2ccc(OC)cc2)cc1. The van der Waals surface area contributed by atoms with Gasteiger partial charge in [-0.1, -0.05) is 35.9 Å². The van der Waals surface area contributed by atoms with Crippen LogP contribution in [0.3, 0.4) is 0 Å². The molecule has 0 saturated carbocycles. The molecule has 4 aromatic rings. The number of amides is 1. The summed E-state index contributed by atoms with van der Waals surface area (Å²) < 4.78 is 10.9. The zero-order valence-corrected chi connectivity index (χ0v) is 21.7. The molecule has 0 bridgehead atoms. The molecular weight excluding hydrogens is 490 g/mol. The maximum atomic E-state index is 13.6. The predicted octanol–water partition coefficient (Wildman–Crippen LogP) is 5.94. The molecule has 1 atom stereocenters. The van der Waals surface area contributed by atoms with E-state index >= 15 is 0 Å². The maximum Gasteiger partial charge on any atom is 0.273 e. The fraction of sp³-hybridized carbons (Fsp3) is 0.241. The number of fused-ring (bicyclic) bond motifs is 1. The third kappa shape index (κ3) is 4.62. The van der Waals surface area contributed by atoms with Crippen molar-refractivity contribution >= 4 is 17.5 Å². The molecule has 1 aliphatic rings. The molecule has 2 heterocycles. The highest BCUT2D eigenvalue weighted by atomic mass is 35.5. The minimum absolute atomic E-state index is 0.0609. The highest BCUT2D eigenvalue weighted by Crippen LogP contribution is 2.45. The maximum absolute atomic E-state index is 13.6. The number of rotatable bonds is 8. The molecule has 37 heavy (non-hydrogen) atoms. The summed E-state index contributed by atoms with van der Waals surface area (Å²) in [5.74, 6) is 1.47. The molecule has 0 unspecified atom stereocenters. The zero-order valence-electron chi connectivity index (χ0n) is 20.9. The van der Waals surface area contributed by atoms with Crippen LogP contribution in [-0.4, -0.2) is 46.4 Å². The van der Waals surface area contributed by atoms with Crippen LogP contribution in [0.5, 0.6) is 17.2 Å². The van der Waals surface area contributed by atoms with Crippen molar-refractivity contribution in [2.45, 2.75) is 26.3 Å². The van der Waals surface area contributed by atoms with E-state index in [4.69, 9.17) is 21.1 Å². The minimum Gasteiger partial charge on any atom is -0.507 e. The standard InChI is InChI=1S/C29H28ClN3O4/c1-4-37-21-11-7-19(8-12-21)28-25-26(22-16-23(30)17(2)15-24(22)34)31-32-27(25)29(35)33(28)14-13-18-5-9-20(36-3)10-6-18/h5-12,15-16,28,34H,4,13-14H2,1-3H3,(H,31,32)/t28-/m0/s1. The number of aryl methyl sites for hydroxylation is 1. The van der Waals surface area contributed by atoms with Gasteiger partial charge in [-0.2, -0.15) is 5.10 Å². The van der Waals surface area contributed by atoms with Gasteiger partial charge < -0.3 is 19.5 Å². The number of benzene rings is 3. The number of phenolic OH excluding ortho intramolecular Hbond substituents is 1. The van der Waals surface area contributed by atoms with Crippen LogP contribution in [0.1, 0.15) is 45.7 Å². The van der Waals surface area contributed by atoms with Gasteiger partial charge in [0.2, 0.25) is 0 Å². The molecule has 0 saturated heterocycles. The van der Waals surface area contributed by atoms with E-state index in [0.29, 0.717) is 41.5 Å². The molecule has 1 amide bonds. The Morgan fingerprint density at radius 1 is 1.08 bits per heavy atom. The zero-order chi connectivity index (χ0) is 26.1. The molecule has 0 aliphatic carbocycles. The fourth-order valence-electron chi connectivity index (χ4n) is 4.79. The molecule has 0 fully saturated rings. The number of hydrogen-bond donors (Lipinski definition) is 2. The first-order chi connectivity index (χ1) is 17.9. The third-order valence-corrected chi connectivity index (χ3v) is 7.11. The van der Waals surface area contributed by atoms with Crippen molar-refractivity contribution in [3.05, 3.63) is 93.6 Å². The highest BCUT2D eigenvalue weighted by Gasteiger charge is 2.42. The summed E-state index contributed by atoms with van der Waals surface area (Å²) in [6, 6.07) is 18.5. The first kappa shape index (κ1) is 24.7. The summed E-state index contributed by atoms with van der Waals surface area (Å²) in [7, 11) is 1.64. The van der Waals surface area contributed by atoms with E-state index in [2.05, 4.69) is 10.2 Å². The van der Waals surface area contributed by atoms with E-state index < -0.39 is 6.04 Å². The van der Waals surface area contributed by atoms with Gasteiger partial charge in [-0.25, -0.2) is 0 Å². The quantitative estimate of drug-likeness (QED) is 0.302. The Kier molecular flexibility index (Phi) is 6.80. The predicted molar refractivity (Wildman–Crippen MR) is 143 cm³/mol. The highest BCUT2D eigenvalue weighted by molar-refractivity contribution is 6.31. The van der Waals surface area contributed by atoms with Gasteiger partial charge in [-0.05, 0) is 73.4 Å². The molecule has 190 valence electrons. The second-order valence-electron chi connectivity index (χ2n) is 8.98. The number of nitrogens with one attached hydrogen (secondary N) is 1. The molecule has 5 rings (SSSR count). The summed E-state index contributed by atoms with van der Waals surface area (Å²) in [6.45, 7) is 4.83. The van der Waals surface area contributed by atoms with Crippen molar-refractivity contribution in [1.82, 2.24) is 15.1 Å². The third-order valence-electron chi connectivity index (χ3n) is 6.70. The monoisotopic (exact) mass is 517 g/mol. The molecule has 8 heteroatoms. The van der Waals surface area contributed by atoms with Crippen molar-refractivity contribution in [2.24, 2.45) is 0 Å². The Labute approximate surface area is 220 Å². The van der Waals surface area contributed by atoms with Crippen molar-refractivity contribution in [1.29, 1.82) is 0 Å². The van der Waals surface area contributed by atoms with Crippen LogP contribution < -0.4 is 9.47 Å². The Hall–Kier alpha value is -3.97. The molecule has 0 radical (unpaired) electrons. The second-order valence-corrected chi connectivity index (χ2v) is 9.39. The van der Waals surface area contributed by atoms with Crippen molar-refractivity contribution in [2.75, 3.05) is 20.3 Å². The lowest BCUT2D eigenvalue weighted by Crippen LogP contribution is -2.31. The van der Waals surface area contributed by atoms with Crippen molar-refractivity contribution in [3.8, 4) is 28.5 Å². The van der Waals surface area contributed by atoms with E-state index in [1.165, 1.54) is 0 Å². The molecule has 1 aliphatic heterocycles. The van der Waals surface area contributed by atoms with Gasteiger partial charge in [0, 0.05) is 22.7 Å². The van der Waals surface area contributed by atoms with Crippen LogP contribution in [0.2, 0.25) is 5.02 Å². The lowest BCUT2D eigenvalue weighted by atomic mass is 9.95. The van der Waals surface area contributed by atoms with E-state index in [0.717, 1.165) is 33.8 Å². The van der Waals surface area contributed by atoms with Crippen LogP contribution in [0.4, 0.5) is 0 Å². The Balaban J connectivity index is 1.56. The van der Waals surface area contributed by atoms with Gasteiger partial charge in [-0.3, -0.25) is 9.89 Å². The first-order valence-electron chi connectivity index (χ1n) is 12.2. The molecule has 7 nitrogen and oxygen atoms in total. The van der Waals surface area contributed by atoms with E-state index in [1.807, 2.05) is 67.3 Å². The van der Waals surface area contributed by atoms with Gasteiger partial charge in [0.25, 0.3) is 5.91 Å². The van der Waals surface area contributed by atoms with Gasteiger partial charge in [0.15, 0.2) is 0 Å². The summed E-state index contributed by atoms with van der Waals surface area (Å²) in [5, 5.41) is 18.7. The number of aromatic hydroxyl groups is 1. The number of aromatic amines is 1. The van der Waals surface area contributed by atoms with Gasteiger partial charge in [-0.15, -0.1) is 0 Å². The number of carbonyl (C=O) groups is 1. The number of phenols is 1. The van der Waals surface area contributed by atoms with Crippen LogP contribution in [0, 0.1) is 6.92 Å². The summed E-state index contributed by atoms with van der Waals surface area (Å²) in [6.07, 6.45) is 0.665. The topological polar surface area (TPSA) is 87.7 Å². The summed E-state index contributed by atoms with van der Waals surface area (Å²) >= 11 is 6.40. The number of H-pyrrole nitrogens is 1. The first-order valence-corrected chi connectivity index (χ1v) is 12.5. The Morgan fingerprint density at radius 3 is 2.46 bits per heavy atom. The van der Waals surface area contributed by atoms with Crippen LogP contribution in [0.25, 0.3) is 11.3 Å². The van der Waals surface area contributed by atoms with Gasteiger partial charge in [0.1, 0.15) is 28.6 Å². The number of methoxy groups -OCH3 is 1. The Bertz CT molecular complexity index is 1430. The molecule has 0 spiro atoms. The number of ether oxygens (including phenoxy) is 2. The smallest absolute Gasteiger partial charge is 0.273 e. The normalized spacial score (nSPS) is 14.6. The van der Waals surface area contributed by atoms with E-state index in [-0.39, 0.29) is 11.7 Å². The largest absolute Gasteiger partial charge is 0.507 e. The van der Waals surface area contributed by atoms with Gasteiger partial charge in [0.05, 0.1) is 19.8 Å². The van der Waals surface area contributed by atoms with Crippen LogP contribution >= 0.6 is 11.6 Å². The average Bonchev–Trinajstić information content (AvgIpc) is 3.44. The number of nitrogens with zero attached hydrogens (tertiary/aromatic N) is 2. The molecule has 2 N–H and O–H groups in total. The number of aromatic nitrogens is 2. The van der Waals surface area contributed by atoms with Crippen molar-refractivity contribution < 1.29 is 19.4 Å². The lowest BCUT2D eigenvalue weighted by Gasteiger charge is -2.27. The summed E-state index contributed by atoms with van der Waals surface area (Å²) in [5.41, 5.74) is 4.90. The Morgan fingerprint density at radius 2 is 1.78 bits per heavy atom. The second kappa shape index (κ2) is 10.2. The van der Waals surface area contributed by atoms with Crippen molar-refractivity contribution in [3.63, 3.8) is 0 Å². The number of hydrogen-bond acceptors (Lipinski definition) is 5. The van der Waals surface area contributed by atoms with Crippen LogP contribution in [0.15, 0.2) is 60.7 Å². The fourth-order valence-corrected chi connectivity index (χ4v) is 4.95. The average molecular weight is 518 g/mol. The summed E-state index contributed by atoms with van der Waals surface area (Å²) in [4.78, 5) is 15.5. The van der Waals surface area contributed by atoms with Crippen LogP contribution in [-0.2, 0) is 6.42 Å².